The molecule has 0 radical (unpaired) electrons. The lowest BCUT2D eigenvalue weighted by Crippen LogP contribution is -2.24. The Morgan fingerprint density at radius 2 is 2.28 bits per heavy atom. The summed E-state index contributed by atoms with van der Waals surface area (Å²) in [5.41, 5.74) is 6.70. The lowest BCUT2D eigenvalue weighted by molar-refractivity contribution is 0.248. The van der Waals surface area contributed by atoms with E-state index in [1.807, 2.05) is 6.07 Å². The highest BCUT2D eigenvalue weighted by Gasteiger charge is 2.18. The van der Waals surface area contributed by atoms with Crippen LogP contribution in [0.3, 0.4) is 0 Å². The van der Waals surface area contributed by atoms with E-state index in [0.29, 0.717) is 23.6 Å². The molecule has 5 nitrogen and oxygen atoms in total. The Hall–Kier alpha value is -1.80. The summed E-state index contributed by atoms with van der Waals surface area (Å²) in [4.78, 5) is 4.13. The van der Waals surface area contributed by atoms with Crippen LogP contribution in [-0.2, 0) is 0 Å². The molecule has 0 aliphatic carbocycles. The van der Waals surface area contributed by atoms with Crippen LogP contribution < -0.4 is 11.1 Å². The van der Waals surface area contributed by atoms with E-state index in [1.54, 1.807) is 12.3 Å². The molecule has 0 aromatic carbocycles. The van der Waals surface area contributed by atoms with Gasteiger partial charge in [0.1, 0.15) is 6.07 Å². The molecule has 0 aliphatic heterocycles. The number of nitrogens with zero attached hydrogens (tertiary/aromatic N) is 2. The zero-order chi connectivity index (χ0) is 13.6. The molecule has 0 unspecified atom stereocenters. The van der Waals surface area contributed by atoms with Gasteiger partial charge in [0.05, 0.1) is 11.3 Å². The van der Waals surface area contributed by atoms with Crippen LogP contribution in [0, 0.1) is 16.7 Å². The fourth-order valence-electron chi connectivity index (χ4n) is 1.68. The molecule has 4 N–H and O–H groups in total. The van der Waals surface area contributed by atoms with E-state index in [-0.39, 0.29) is 12.0 Å². The van der Waals surface area contributed by atoms with Gasteiger partial charge in [0.2, 0.25) is 0 Å². The highest BCUT2D eigenvalue weighted by atomic mass is 16.2. The normalized spacial score (nSPS) is 11.0. The van der Waals surface area contributed by atoms with Crippen molar-refractivity contribution in [1.82, 2.24) is 4.98 Å². The van der Waals surface area contributed by atoms with Gasteiger partial charge in [0, 0.05) is 19.3 Å². The number of anilines is 2. The number of nitrogen functional groups attached to an aromatic ring is 1. The predicted octanol–water partition coefficient (Wildman–Crippen LogP) is 1.75. The number of aromatic nitrogens is 1. The summed E-state index contributed by atoms with van der Waals surface area (Å²) in [7, 11) is 0. The number of nitrogens with one attached hydrogen (secondary N) is 1. The second kappa shape index (κ2) is 6.22. The lowest BCUT2D eigenvalue weighted by atomic mass is 9.88. The van der Waals surface area contributed by atoms with E-state index < -0.39 is 0 Å². The topological polar surface area (TPSA) is 95.0 Å². The van der Waals surface area contributed by atoms with Gasteiger partial charge in [-0.2, -0.15) is 5.26 Å². The van der Waals surface area contributed by atoms with Gasteiger partial charge in [-0.1, -0.05) is 13.8 Å². The summed E-state index contributed by atoms with van der Waals surface area (Å²) >= 11 is 0. The van der Waals surface area contributed by atoms with E-state index in [0.717, 1.165) is 12.8 Å². The first-order chi connectivity index (χ1) is 8.50. The van der Waals surface area contributed by atoms with E-state index in [4.69, 9.17) is 16.1 Å². The van der Waals surface area contributed by atoms with Crippen molar-refractivity contribution in [3.63, 3.8) is 0 Å². The molecule has 1 rings (SSSR count). The third-order valence-electron chi connectivity index (χ3n) is 2.86. The molecule has 5 heteroatoms. The molecule has 0 atom stereocenters. The van der Waals surface area contributed by atoms with Crippen molar-refractivity contribution < 1.29 is 5.11 Å². The highest BCUT2D eigenvalue weighted by Crippen LogP contribution is 2.25. The van der Waals surface area contributed by atoms with E-state index in [1.165, 1.54) is 0 Å². The van der Waals surface area contributed by atoms with E-state index >= 15 is 0 Å². The smallest absolute Gasteiger partial charge is 0.150 e. The fraction of sp³-hybridized carbons (Fsp3) is 0.538. The zero-order valence-corrected chi connectivity index (χ0v) is 10.9. The number of nitrogens with two attached hydrogens (primary N) is 1. The molecule has 0 aliphatic rings. The second-order valence-electron chi connectivity index (χ2n) is 5.08. The van der Waals surface area contributed by atoms with Gasteiger partial charge in [0.25, 0.3) is 0 Å². The van der Waals surface area contributed by atoms with Crippen LogP contribution >= 0.6 is 0 Å². The average Bonchev–Trinajstić information content (AvgIpc) is 2.35. The Labute approximate surface area is 108 Å². The minimum Gasteiger partial charge on any atom is -0.396 e. The molecular formula is C13H20N4O. The number of nitriles is 1. The summed E-state index contributed by atoms with van der Waals surface area (Å²) in [6, 6.07) is 3.62. The van der Waals surface area contributed by atoms with Gasteiger partial charge >= 0.3 is 0 Å². The van der Waals surface area contributed by atoms with Crippen molar-refractivity contribution in [3.05, 3.63) is 17.8 Å². The van der Waals surface area contributed by atoms with Crippen molar-refractivity contribution in [2.45, 2.75) is 26.7 Å². The molecule has 0 fully saturated rings. The maximum atomic E-state index is 8.87. The molecule has 0 saturated heterocycles. The molecule has 0 spiro atoms. The Morgan fingerprint density at radius 3 is 2.89 bits per heavy atom. The van der Waals surface area contributed by atoms with Gasteiger partial charge in [-0.15, -0.1) is 0 Å². The summed E-state index contributed by atoms with van der Waals surface area (Å²) in [5.74, 6) is 0.547. The standard InChI is InChI=1S/C13H20N4O/c1-13(2,5-3-7-18)9-17-12-11(15)10(8-14)4-6-16-12/h4,6,18H,3,5,7,9,15H2,1-2H3,(H,16,17). The van der Waals surface area contributed by atoms with Gasteiger partial charge < -0.3 is 16.2 Å². The summed E-state index contributed by atoms with van der Waals surface area (Å²) in [5, 5.41) is 20.9. The van der Waals surface area contributed by atoms with Crippen molar-refractivity contribution >= 4 is 11.5 Å². The Balaban J connectivity index is 2.66. The van der Waals surface area contributed by atoms with Crippen LogP contribution in [0.15, 0.2) is 12.3 Å². The highest BCUT2D eigenvalue weighted by molar-refractivity contribution is 5.68. The summed E-state index contributed by atoms with van der Waals surface area (Å²) < 4.78 is 0. The van der Waals surface area contributed by atoms with Gasteiger partial charge in [-0.05, 0) is 24.3 Å². The summed E-state index contributed by atoms with van der Waals surface area (Å²) in [6.45, 7) is 5.12. The third kappa shape index (κ3) is 3.90. The molecule has 0 saturated carbocycles. The van der Waals surface area contributed by atoms with Crippen LogP contribution in [0.1, 0.15) is 32.3 Å². The van der Waals surface area contributed by atoms with Gasteiger partial charge in [-0.3, -0.25) is 0 Å². The second-order valence-corrected chi connectivity index (χ2v) is 5.08. The molecule has 18 heavy (non-hydrogen) atoms. The minimum atomic E-state index is 0.0412. The average molecular weight is 248 g/mol. The molecule has 1 aromatic heterocycles. The lowest BCUT2D eigenvalue weighted by Gasteiger charge is -2.25. The van der Waals surface area contributed by atoms with Crippen LogP contribution in [0.4, 0.5) is 11.5 Å². The number of hydrogen-bond donors (Lipinski definition) is 3. The molecule has 0 amide bonds. The number of pyridine rings is 1. The van der Waals surface area contributed by atoms with E-state index in [9.17, 15) is 0 Å². The molecule has 1 aromatic rings. The molecule has 98 valence electrons. The first-order valence-electron chi connectivity index (χ1n) is 5.99. The van der Waals surface area contributed by atoms with Crippen molar-refractivity contribution in [2.75, 3.05) is 24.2 Å². The Kier molecular flexibility index (Phi) is 4.93. The molecular weight excluding hydrogens is 228 g/mol. The van der Waals surface area contributed by atoms with Crippen LogP contribution in [0.25, 0.3) is 0 Å². The SMILES string of the molecule is CC(C)(CCCO)CNc1nccc(C#N)c1N. The monoisotopic (exact) mass is 248 g/mol. The predicted molar refractivity (Wildman–Crippen MR) is 72.0 cm³/mol. The third-order valence-corrected chi connectivity index (χ3v) is 2.86. The van der Waals surface area contributed by atoms with Crippen molar-refractivity contribution in [3.8, 4) is 6.07 Å². The molecule has 0 bridgehead atoms. The van der Waals surface area contributed by atoms with Crippen LogP contribution in [0.2, 0.25) is 0 Å². The van der Waals surface area contributed by atoms with Crippen LogP contribution in [-0.4, -0.2) is 23.2 Å². The minimum absolute atomic E-state index is 0.0412. The number of aliphatic hydroxyl groups is 1. The maximum absolute atomic E-state index is 8.87. The van der Waals surface area contributed by atoms with E-state index in [2.05, 4.69) is 24.1 Å². The first-order valence-corrected chi connectivity index (χ1v) is 5.99. The van der Waals surface area contributed by atoms with Crippen LogP contribution in [0.5, 0.6) is 0 Å². The Morgan fingerprint density at radius 1 is 1.56 bits per heavy atom. The largest absolute Gasteiger partial charge is 0.396 e. The van der Waals surface area contributed by atoms with Gasteiger partial charge in [0.15, 0.2) is 5.82 Å². The van der Waals surface area contributed by atoms with Crippen molar-refractivity contribution in [2.24, 2.45) is 5.41 Å². The molecule has 1 heterocycles. The Bertz CT molecular complexity index is 437. The number of hydrogen-bond acceptors (Lipinski definition) is 5. The first kappa shape index (κ1) is 14.3. The fourth-order valence-corrected chi connectivity index (χ4v) is 1.68. The quantitative estimate of drug-likeness (QED) is 0.712. The van der Waals surface area contributed by atoms with Gasteiger partial charge in [-0.25, -0.2) is 4.98 Å². The maximum Gasteiger partial charge on any atom is 0.150 e. The zero-order valence-electron chi connectivity index (χ0n) is 10.9. The number of rotatable bonds is 6. The summed E-state index contributed by atoms with van der Waals surface area (Å²) in [6.07, 6.45) is 3.25. The van der Waals surface area contributed by atoms with Crippen molar-refractivity contribution in [1.29, 1.82) is 5.26 Å². The number of aliphatic hydroxyl groups excluding tert-OH is 1.